The zero-order valence-corrected chi connectivity index (χ0v) is 18.0. The second-order valence-corrected chi connectivity index (χ2v) is 6.85. The summed E-state index contributed by atoms with van der Waals surface area (Å²) in [6.07, 6.45) is 3.31. The standard InChI is InChI=1S/C21H18Cl2N6.ClH/c22-18-9-10-20(19(23)11-18)28-26-12-14-1-5-16(6-2-14)17-7-3-15(4-8-17)13-27-29-21(24)25;/h1-13,28H,(H4,24,25,29);1H/b26-12+,27-13+;. The van der Waals surface area contributed by atoms with Gasteiger partial charge in [0.2, 0.25) is 5.96 Å². The summed E-state index contributed by atoms with van der Waals surface area (Å²) in [7, 11) is 0. The average molecular weight is 462 g/mol. The van der Waals surface area contributed by atoms with Crippen molar-refractivity contribution in [2.24, 2.45) is 26.8 Å². The molecule has 5 N–H and O–H groups in total. The predicted octanol–water partition coefficient (Wildman–Crippen LogP) is 5.14. The number of anilines is 1. The molecule has 3 rings (SSSR count). The first kappa shape index (κ1) is 23.2. The van der Waals surface area contributed by atoms with Crippen molar-refractivity contribution in [2.75, 3.05) is 5.43 Å². The number of guanidine groups is 1. The SMILES string of the molecule is Cl.NC(N)=N/N=C/c1ccc(-c2ccc(/C=N/Nc3ccc(Cl)cc3Cl)cc2)cc1. The number of hydrazone groups is 1. The summed E-state index contributed by atoms with van der Waals surface area (Å²) >= 11 is 12.0. The van der Waals surface area contributed by atoms with Crippen LogP contribution in [0.15, 0.2) is 82.0 Å². The van der Waals surface area contributed by atoms with E-state index in [4.69, 9.17) is 34.7 Å². The molecule has 0 fully saturated rings. The number of rotatable bonds is 6. The van der Waals surface area contributed by atoms with Crippen LogP contribution in [0.4, 0.5) is 5.69 Å². The van der Waals surface area contributed by atoms with Crippen LogP contribution < -0.4 is 16.9 Å². The van der Waals surface area contributed by atoms with Crippen molar-refractivity contribution in [1.29, 1.82) is 0 Å². The maximum atomic E-state index is 6.11. The summed E-state index contributed by atoms with van der Waals surface area (Å²) in [5.74, 6) is -0.0760. The Morgan fingerprint density at radius 1 is 0.800 bits per heavy atom. The Morgan fingerprint density at radius 3 is 1.90 bits per heavy atom. The molecular weight excluding hydrogens is 443 g/mol. The molecule has 0 aliphatic carbocycles. The zero-order valence-electron chi connectivity index (χ0n) is 15.7. The molecule has 0 atom stereocenters. The molecule has 0 spiro atoms. The van der Waals surface area contributed by atoms with E-state index in [2.05, 4.69) is 20.7 Å². The fraction of sp³-hybridized carbons (Fsp3) is 0. The highest BCUT2D eigenvalue weighted by atomic mass is 35.5. The fourth-order valence-corrected chi connectivity index (χ4v) is 2.89. The van der Waals surface area contributed by atoms with Gasteiger partial charge < -0.3 is 11.5 Å². The molecule has 0 bridgehead atoms. The molecule has 0 saturated heterocycles. The number of nitrogens with two attached hydrogens (primary N) is 2. The van der Waals surface area contributed by atoms with Crippen molar-refractivity contribution < 1.29 is 0 Å². The molecular formula is C21H19Cl3N6. The van der Waals surface area contributed by atoms with Crippen molar-refractivity contribution in [2.45, 2.75) is 0 Å². The zero-order chi connectivity index (χ0) is 20.6. The van der Waals surface area contributed by atoms with Gasteiger partial charge >= 0.3 is 0 Å². The number of halogens is 3. The Bertz CT molecular complexity index is 1060. The van der Waals surface area contributed by atoms with Crippen LogP contribution in [0.3, 0.4) is 0 Å². The molecule has 154 valence electrons. The second kappa shape index (κ2) is 11.2. The topological polar surface area (TPSA) is 101 Å². The number of hydrogen-bond donors (Lipinski definition) is 3. The van der Waals surface area contributed by atoms with Crippen molar-refractivity contribution in [1.82, 2.24) is 0 Å². The Hall–Kier alpha value is -3.06. The van der Waals surface area contributed by atoms with Gasteiger partial charge in [0, 0.05) is 5.02 Å². The summed E-state index contributed by atoms with van der Waals surface area (Å²) < 4.78 is 0. The highest BCUT2D eigenvalue weighted by molar-refractivity contribution is 6.36. The van der Waals surface area contributed by atoms with Crippen LogP contribution >= 0.6 is 35.6 Å². The molecule has 0 aliphatic heterocycles. The Morgan fingerprint density at radius 2 is 1.37 bits per heavy atom. The van der Waals surface area contributed by atoms with Gasteiger partial charge in [-0.25, -0.2) is 0 Å². The Balaban J connectivity index is 0.00000320. The van der Waals surface area contributed by atoms with Crippen molar-refractivity contribution in [3.63, 3.8) is 0 Å². The van der Waals surface area contributed by atoms with Gasteiger partial charge in [-0.15, -0.1) is 17.5 Å². The smallest absolute Gasteiger partial charge is 0.211 e. The Kier molecular flexibility index (Phi) is 8.68. The molecule has 9 heteroatoms. The average Bonchev–Trinajstić information content (AvgIpc) is 2.70. The van der Waals surface area contributed by atoms with Gasteiger partial charge in [-0.1, -0.05) is 71.7 Å². The van der Waals surface area contributed by atoms with Crippen molar-refractivity contribution in [3.05, 3.63) is 87.9 Å². The van der Waals surface area contributed by atoms with E-state index in [0.717, 1.165) is 22.3 Å². The lowest BCUT2D eigenvalue weighted by Gasteiger charge is -2.04. The van der Waals surface area contributed by atoms with Crippen LogP contribution in [-0.4, -0.2) is 18.4 Å². The Labute approximate surface area is 190 Å². The predicted molar refractivity (Wildman–Crippen MR) is 130 cm³/mol. The first-order valence-electron chi connectivity index (χ1n) is 8.58. The van der Waals surface area contributed by atoms with E-state index in [1.807, 2.05) is 48.5 Å². The molecule has 0 amide bonds. The third-order valence-corrected chi connectivity index (χ3v) is 4.41. The van der Waals surface area contributed by atoms with E-state index in [1.165, 1.54) is 0 Å². The lowest BCUT2D eigenvalue weighted by atomic mass is 10.0. The van der Waals surface area contributed by atoms with Crippen molar-refractivity contribution >= 4 is 59.7 Å². The first-order chi connectivity index (χ1) is 14.0. The largest absolute Gasteiger partial charge is 0.369 e. The van der Waals surface area contributed by atoms with Gasteiger partial charge in [0.25, 0.3) is 0 Å². The van der Waals surface area contributed by atoms with E-state index < -0.39 is 0 Å². The van der Waals surface area contributed by atoms with E-state index >= 15 is 0 Å². The minimum atomic E-state index is -0.0760. The first-order valence-corrected chi connectivity index (χ1v) is 9.33. The van der Waals surface area contributed by atoms with Gasteiger partial charge in [-0.05, 0) is 40.5 Å². The van der Waals surface area contributed by atoms with E-state index in [0.29, 0.717) is 15.7 Å². The third kappa shape index (κ3) is 6.77. The molecule has 0 unspecified atom stereocenters. The van der Waals surface area contributed by atoms with Gasteiger partial charge in [0.15, 0.2) is 0 Å². The van der Waals surface area contributed by atoms with Gasteiger partial charge in [-0.2, -0.15) is 10.2 Å². The minimum absolute atomic E-state index is 0. The summed E-state index contributed by atoms with van der Waals surface area (Å²) in [5.41, 5.74) is 18.1. The lowest BCUT2D eigenvalue weighted by Crippen LogP contribution is -2.21. The summed E-state index contributed by atoms with van der Waals surface area (Å²) in [6, 6.07) is 21.1. The molecule has 0 heterocycles. The number of hydrogen-bond acceptors (Lipinski definition) is 4. The molecule has 30 heavy (non-hydrogen) atoms. The van der Waals surface area contributed by atoms with E-state index in [9.17, 15) is 0 Å². The molecule has 3 aromatic carbocycles. The molecule has 0 radical (unpaired) electrons. The summed E-state index contributed by atoms with van der Waals surface area (Å²) in [5, 5.41) is 12.7. The quantitative estimate of drug-likeness (QED) is 0.269. The third-order valence-electron chi connectivity index (χ3n) is 3.86. The van der Waals surface area contributed by atoms with Crippen molar-refractivity contribution in [3.8, 4) is 11.1 Å². The monoisotopic (exact) mass is 460 g/mol. The fourth-order valence-electron chi connectivity index (χ4n) is 2.44. The number of nitrogens with one attached hydrogen (secondary N) is 1. The molecule has 6 nitrogen and oxygen atoms in total. The van der Waals surface area contributed by atoms with Gasteiger partial charge in [-0.3, -0.25) is 5.43 Å². The van der Waals surface area contributed by atoms with E-state index in [-0.39, 0.29) is 18.4 Å². The van der Waals surface area contributed by atoms with Crippen LogP contribution in [0, 0.1) is 0 Å². The highest BCUT2D eigenvalue weighted by Crippen LogP contribution is 2.25. The van der Waals surface area contributed by atoms with E-state index in [1.54, 1.807) is 30.6 Å². The van der Waals surface area contributed by atoms with Gasteiger partial charge in [0.05, 0.1) is 23.1 Å². The minimum Gasteiger partial charge on any atom is -0.369 e. The maximum absolute atomic E-state index is 6.11. The van der Waals surface area contributed by atoms with Crippen LogP contribution in [0.1, 0.15) is 11.1 Å². The summed E-state index contributed by atoms with van der Waals surface area (Å²) in [4.78, 5) is 0. The van der Waals surface area contributed by atoms with Crippen LogP contribution in [-0.2, 0) is 0 Å². The molecule has 3 aromatic rings. The second-order valence-electron chi connectivity index (χ2n) is 6.01. The highest BCUT2D eigenvalue weighted by Gasteiger charge is 2.00. The molecule has 0 aliphatic rings. The molecule has 0 saturated carbocycles. The van der Waals surface area contributed by atoms with Crippen LogP contribution in [0.25, 0.3) is 11.1 Å². The lowest BCUT2D eigenvalue weighted by molar-refractivity contribution is 1.21. The number of nitrogens with zero attached hydrogens (tertiary/aromatic N) is 3. The maximum Gasteiger partial charge on any atom is 0.211 e. The number of benzene rings is 3. The van der Waals surface area contributed by atoms with Crippen LogP contribution in [0.2, 0.25) is 10.0 Å². The normalized spacial score (nSPS) is 10.7. The summed E-state index contributed by atoms with van der Waals surface area (Å²) in [6.45, 7) is 0. The molecule has 0 aromatic heterocycles. The van der Waals surface area contributed by atoms with Crippen LogP contribution in [0.5, 0.6) is 0 Å². The van der Waals surface area contributed by atoms with Gasteiger partial charge in [0.1, 0.15) is 0 Å².